The molecule has 1 aliphatic heterocycles. The van der Waals surface area contributed by atoms with Crippen LogP contribution in [0.4, 0.5) is 4.79 Å². The summed E-state index contributed by atoms with van der Waals surface area (Å²) in [5, 5.41) is 15.2. The zero-order valence-electron chi connectivity index (χ0n) is 31.9. The van der Waals surface area contributed by atoms with Crippen molar-refractivity contribution in [2.75, 3.05) is 13.7 Å². The van der Waals surface area contributed by atoms with Crippen molar-refractivity contribution in [2.24, 2.45) is 17.8 Å². The first-order valence-corrected chi connectivity index (χ1v) is 21.6. The van der Waals surface area contributed by atoms with Crippen LogP contribution in [-0.2, 0) is 30.8 Å². The SMILES string of the molecule is C=C[C@@H]1C[C@]1(NC(=O)[C@@H]1C[C@@H](Oc2nc3ccccc3c(OC)c2C/C=C/CCC2CCC2)CN1C(=O)[C@@H](NC(=O)O)C1CCCC1)C(=O)NS(=O)(=O)C1CC1. The summed E-state index contributed by atoms with van der Waals surface area (Å²) < 4.78 is 40.3. The Hall–Kier alpha value is -4.66. The van der Waals surface area contributed by atoms with Gasteiger partial charge in [0.15, 0.2) is 0 Å². The van der Waals surface area contributed by atoms with E-state index in [1.165, 1.54) is 30.2 Å². The molecular formula is C41H53N5O9S. The van der Waals surface area contributed by atoms with Gasteiger partial charge in [0.25, 0.3) is 5.91 Å². The third kappa shape index (κ3) is 8.37. The van der Waals surface area contributed by atoms with E-state index in [0.717, 1.165) is 37.0 Å². The summed E-state index contributed by atoms with van der Waals surface area (Å²) in [5.74, 6) is -1.17. The molecule has 5 fully saturated rings. The third-order valence-corrected chi connectivity index (χ3v) is 14.2. The fraction of sp³-hybridized carbons (Fsp3) is 0.585. The Morgan fingerprint density at radius 3 is 2.46 bits per heavy atom. The maximum atomic E-state index is 14.4. The summed E-state index contributed by atoms with van der Waals surface area (Å²) >= 11 is 0. The number of benzene rings is 1. The van der Waals surface area contributed by atoms with Gasteiger partial charge in [0.2, 0.25) is 27.7 Å². The van der Waals surface area contributed by atoms with E-state index in [0.29, 0.717) is 54.8 Å². The molecule has 1 aromatic heterocycles. The second-order valence-corrected chi connectivity index (χ2v) is 18.1. The number of ether oxygens (including phenoxy) is 2. The number of carbonyl (C=O) groups excluding carboxylic acids is 3. The van der Waals surface area contributed by atoms with E-state index in [2.05, 4.69) is 34.1 Å². The largest absolute Gasteiger partial charge is 0.496 e. The molecule has 14 nitrogen and oxygen atoms in total. The summed E-state index contributed by atoms with van der Waals surface area (Å²) in [4.78, 5) is 60.6. The van der Waals surface area contributed by atoms with Crippen LogP contribution in [0.2, 0.25) is 0 Å². The third-order valence-electron chi connectivity index (χ3n) is 12.4. The zero-order valence-corrected chi connectivity index (χ0v) is 32.7. The maximum absolute atomic E-state index is 14.4. The van der Waals surface area contributed by atoms with Crippen LogP contribution in [-0.4, -0.2) is 89.9 Å². The first-order chi connectivity index (χ1) is 26.9. The summed E-state index contributed by atoms with van der Waals surface area (Å²) in [6.45, 7) is 3.72. The van der Waals surface area contributed by atoms with E-state index in [1.807, 2.05) is 24.3 Å². The normalized spacial score (nSPS) is 25.7. The fourth-order valence-corrected chi connectivity index (χ4v) is 10.0. The molecule has 1 aromatic carbocycles. The van der Waals surface area contributed by atoms with Crippen LogP contribution in [0.1, 0.15) is 89.0 Å². The van der Waals surface area contributed by atoms with Gasteiger partial charge in [-0.1, -0.05) is 62.5 Å². The molecule has 0 bridgehead atoms. The lowest BCUT2D eigenvalue weighted by atomic mass is 9.82. The highest BCUT2D eigenvalue weighted by Crippen LogP contribution is 2.46. The molecule has 0 radical (unpaired) electrons. The van der Waals surface area contributed by atoms with Crippen molar-refractivity contribution in [1.82, 2.24) is 25.2 Å². The first kappa shape index (κ1) is 39.6. The molecule has 7 rings (SSSR count). The molecule has 1 saturated heterocycles. The van der Waals surface area contributed by atoms with E-state index in [-0.39, 0.29) is 25.3 Å². The Morgan fingerprint density at radius 1 is 1.07 bits per heavy atom. The van der Waals surface area contributed by atoms with Crippen molar-refractivity contribution in [3.63, 3.8) is 0 Å². The van der Waals surface area contributed by atoms with Crippen LogP contribution >= 0.6 is 0 Å². The van der Waals surface area contributed by atoms with Gasteiger partial charge in [-0.15, -0.1) is 6.58 Å². The highest BCUT2D eigenvalue weighted by Gasteiger charge is 2.62. The Labute approximate surface area is 327 Å². The maximum Gasteiger partial charge on any atom is 0.405 e. The van der Waals surface area contributed by atoms with Crippen LogP contribution in [0.15, 0.2) is 49.1 Å². The number of para-hydroxylation sites is 1. The molecule has 4 N–H and O–H groups in total. The number of carboxylic acid groups (broad SMARTS) is 1. The topological polar surface area (TPSA) is 193 Å². The van der Waals surface area contributed by atoms with Gasteiger partial charge < -0.3 is 30.1 Å². The van der Waals surface area contributed by atoms with Crippen molar-refractivity contribution in [3.8, 4) is 11.6 Å². The van der Waals surface area contributed by atoms with Gasteiger partial charge in [0.1, 0.15) is 29.5 Å². The number of amides is 4. The average molecular weight is 792 g/mol. The van der Waals surface area contributed by atoms with Crippen molar-refractivity contribution < 1.29 is 42.2 Å². The lowest BCUT2D eigenvalue weighted by molar-refractivity contribution is -0.142. The molecule has 56 heavy (non-hydrogen) atoms. The molecule has 5 atom stereocenters. The highest BCUT2D eigenvalue weighted by molar-refractivity contribution is 7.91. The number of likely N-dealkylation sites (tertiary alicyclic amines) is 1. The van der Waals surface area contributed by atoms with E-state index < -0.39 is 68.7 Å². The van der Waals surface area contributed by atoms with Gasteiger partial charge in [-0.3, -0.25) is 19.1 Å². The zero-order chi connectivity index (χ0) is 39.6. The molecule has 4 saturated carbocycles. The minimum Gasteiger partial charge on any atom is -0.496 e. The molecule has 0 unspecified atom stereocenters. The van der Waals surface area contributed by atoms with Crippen molar-refractivity contribution in [1.29, 1.82) is 0 Å². The molecule has 4 amide bonds. The number of rotatable bonds is 17. The first-order valence-electron chi connectivity index (χ1n) is 20.0. The van der Waals surface area contributed by atoms with Gasteiger partial charge in [0.05, 0.1) is 30.0 Å². The number of sulfonamides is 1. The fourth-order valence-electron chi connectivity index (χ4n) is 8.68. The summed E-state index contributed by atoms with van der Waals surface area (Å²) in [6.07, 6.45) is 14.2. The standard InChI is InChI=1S/C41H53N5O9S/c1-3-27-23-41(27,39(49)45-56(52,53)29-20-21-29)44-36(47)33-22-28(24-46(33)38(48)34(43-40(50)51)26-15-7-8-16-26)55-37-31(18-6-4-5-12-25-13-11-14-25)35(54-2)30-17-9-10-19-32(30)42-37/h3-4,6,9-10,17,19,25-29,33-34,43H,1,5,7-8,11-16,18,20-24H2,2H3,(H,44,47)(H,45,49)(H,50,51)/b6-4+/t27-,28-,33+,34+,41-/m1/s1. The van der Waals surface area contributed by atoms with Crippen molar-refractivity contribution in [2.45, 2.75) is 119 Å². The number of carbonyl (C=O) groups is 4. The van der Waals surface area contributed by atoms with E-state index in [9.17, 15) is 32.7 Å². The molecule has 2 aromatic rings. The van der Waals surface area contributed by atoms with Crippen molar-refractivity contribution >= 4 is 44.7 Å². The Morgan fingerprint density at radius 2 is 1.82 bits per heavy atom. The van der Waals surface area contributed by atoms with E-state index in [4.69, 9.17) is 14.5 Å². The number of hydrogen-bond donors (Lipinski definition) is 4. The number of nitrogens with one attached hydrogen (secondary N) is 3. The van der Waals surface area contributed by atoms with E-state index >= 15 is 0 Å². The molecule has 302 valence electrons. The predicted octanol–water partition coefficient (Wildman–Crippen LogP) is 4.77. The lowest BCUT2D eigenvalue weighted by Gasteiger charge is -2.31. The number of hydrogen-bond acceptors (Lipinski definition) is 9. The molecule has 15 heteroatoms. The van der Waals surface area contributed by atoms with Crippen LogP contribution in [0.5, 0.6) is 11.6 Å². The lowest BCUT2D eigenvalue weighted by Crippen LogP contribution is -2.59. The summed E-state index contributed by atoms with van der Waals surface area (Å²) in [6, 6.07) is 5.30. The summed E-state index contributed by atoms with van der Waals surface area (Å²) in [7, 11) is -2.31. The minimum atomic E-state index is -3.91. The second kappa shape index (κ2) is 16.4. The van der Waals surface area contributed by atoms with Gasteiger partial charge in [-0.25, -0.2) is 18.2 Å². The number of fused-ring (bicyclic) bond motifs is 1. The number of nitrogens with zero attached hydrogens (tertiary/aromatic N) is 2. The molecule has 2 heterocycles. The summed E-state index contributed by atoms with van der Waals surface area (Å²) in [5.41, 5.74) is -0.209. The number of methoxy groups -OCH3 is 1. The van der Waals surface area contributed by atoms with Crippen LogP contribution in [0, 0.1) is 17.8 Å². The molecule has 5 aliphatic rings. The monoisotopic (exact) mass is 791 g/mol. The van der Waals surface area contributed by atoms with Crippen LogP contribution in [0.25, 0.3) is 10.9 Å². The van der Waals surface area contributed by atoms with Crippen molar-refractivity contribution in [3.05, 3.63) is 54.6 Å². The Balaban J connectivity index is 1.17. The van der Waals surface area contributed by atoms with Gasteiger partial charge >= 0.3 is 6.09 Å². The molecule has 0 spiro atoms. The Bertz CT molecular complexity index is 1990. The van der Waals surface area contributed by atoms with E-state index in [1.54, 1.807) is 7.11 Å². The van der Waals surface area contributed by atoms with Crippen LogP contribution < -0.4 is 24.8 Å². The van der Waals surface area contributed by atoms with Gasteiger partial charge in [-0.2, -0.15) is 0 Å². The van der Waals surface area contributed by atoms with Gasteiger partial charge in [0, 0.05) is 17.7 Å². The quantitative estimate of drug-likeness (QED) is 0.162. The number of pyridine rings is 1. The number of allylic oxidation sites excluding steroid dienone is 2. The molecular weight excluding hydrogens is 739 g/mol. The predicted molar refractivity (Wildman–Crippen MR) is 208 cm³/mol. The molecule has 4 aliphatic carbocycles. The smallest absolute Gasteiger partial charge is 0.405 e. The highest BCUT2D eigenvalue weighted by atomic mass is 32.2. The second-order valence-electron chi connectivity index (χ2n) is 16.1. The van der Waals surface area contributed by atoms with Gasteiger partial charge in [-0.05, 0) is 75.3 Å². The Kier molecular flexibility index (Phi) is 11.6. The average Bonchev–Trinajstić information content (AvgIpc) is 4.03. The number of aromatic nitrogens is 1. The minimum absolute atomic E-state index is 0.00630. The van der Waals surface area contributed by atoms with Crippen LogP contribution in [0.3, 0.4) is 0 Å².